The maximum atomic E-state index is 5.18. The fraction of sp³-hybridized carbons (Fsp3) is 0.400. The average Bonchev–Trinajstić information content (AvgIpc) is 2.04. The van der Waals surface area contributed by atoms with Crippen molar-refractivity contribution in [2.24, 2.45) is 0 Å². The van der Waals surface area contributed by atoms with Crippen molar-refractivity contribution in [1.29, 1.82) is 0 Å². The second-order valence-corrected chi connectivity index (χ2v) is 2.98. The molecule has 0 saturated heterocycles. The van der Waals surface area contributed by atoms with E-state index in [1.165, 1.54) is 0 Å². The van der Waals surface area contributed by atoms with Gasteiger partial charge in [0.05, 0.1) is 0 Å². The van der Waals surface area contributed by atoms with Crippen LogP contribution in [0.1, 0.15) is 19.0 Å². The van der Waals surface area contributed by atoms with Crippen LogP contribution in [0, 0.1) is 19.3 Å². The first kappa shape index (κ1) is 9.53. The monoisotopic (exact) mass is 175 g/mol. The molecule has 1 aromatic heterocycles. The zero-order valence-electron chi connectivity index (χ0n) is 7.91. The Hall–Kier alpha value is -1.56. The Morgan fingerprint density at radius 1 is 1.69 bits per heavy atom. The molecule has 0 bridgehead atoms. The molecule has 0 saturated carbocycles. The van der Waals surface area contributed by atoms with E-state index in [9.17, 15) is 0 Å². The van der Waals surface area contributed by atoms with Crippen LogP contribution in [0.25, 0.3) is 0 Å². The first-order valence-corrected chi connectivity index (χ1v) is 4.22. The standard InChI is InChI=1S/C10H13N3/c1-4-5-8(2)12-10-11-7-6-9(3)13-10/h1,6-8H,5H2,2-3H3,(H,11,12,13). The van der Waals surface area contributed by atoms with Gasteiger partial charge in [0.15, 0.2) is 0 Å². The van der Waals surface area contributed by atoms with E-state index in [-0.39, 0.29) is 6.04 Å². The molecule has 1 N–H and O–H groups in total. The molecule has 0 aliphatic carbocycles. The van der Waals surface area contributed by atoms with Gasteiger partial charge in [0.2, 0.25) is 5.95 Å². The molecule has 0 amide bonds. The number of nitrogens with zero attached hydrogens (tertiary/aromatic N) is 2. The summed E-state index contributed by atoms with van der Waals surface area (Å²) in [6, 6.07) is 2.07. The van der Waals surface area contributed by atoms with Crippen LogP contribution < -0.4 is 5.32 Å². The van der Waals surface area contributed by atoms with Crippen LogP contribution in [-0.4, -0.2) is 16.0 Å². The third kappa shape index (κ3) is 3.12. The van der Waals surface area contributed by atoms with Crippen LogP contribution in [-0.2, 0) is 0 Å². The lowest BCUT2D eigenvalue weighted by Gasteiger charge is -2.10. The number of hydrogen-bond donors (Lipinski definition) is 1. The normalized spacial score (nSPS) is 11.8. The molecule has 1 aromatic rings. The summed E-state index contributed by atoms with van der Waals surface area (Å²) in [6.07, 6.45) is 7.59. The highest BCUT2D eigenvalue weighted by molar-refractivity contribution is 5.26. The van der Waals surface area contributed by atoms with E-state index in [0.29, 0.717) is 12.4 Å². The van der Waals surface area contributed by atoms with Gasteiger partial charge in [-0.05, 0) is 19.9 Å². The maximum absolute atomic E-state index is 5.18. The van der Waals surface area contributed by atoms with Crippen LogP contribution in [0.5, 0.6) is 0 Å². The average molecular weight is 175 g/mol. The van der Waals surface area contributed by atoms with Crippen molar-refractivity contribution < 1.29 is 0 Å². The van der Waals surface area contributed by atoms with Crippen molar-refractivity contribution >= 4 is 5.95 Å². The molecule has 0 aliphatic rings. The Balaban J connectivity index is 2.59. The lowest BCUT2D eigenvalue weighted by Crippen LogP contribution is -2.16. The van der Waals surface area contributed by atoms with E-state index >= 15 is 0 Å². The van der Waals surface area contributed by atoms with Gasteiger partial charge in [-0.25, -0.2) is 9.97 Å². The summed E-state index contributed by atoms with van der Waals surface area (Å²) >= 11 is 0. The topological polar surface area (TPSA) is 37.8 Å². The van der Waals surface area contributed by atoms with E-state index in [4.69, 9.17) is 6.42 Å². The number of anilines is 1. The number of aryl methyl sites for hydroxylation is 1. The lowest BCUT2D eigenvalue weighted by molar-refractivity contribution is 0.810. The second kappa shape index (κ2) is 4.46. The molecule has 0 spiro atoms. The highest BCUT2D eigenvalue weighted by Crippen LogP contribution is 2.02. The van der Waals surface area contributed by atoms with Gasteiger partial charge < -0.3 is 5.32 Å². The molecule has 0 radical (unpaired) electrons. The Morgan fingerprint density at radius 3 is 3.08 bits per heavy atom. The third-order valence-electron chi connectivity index (χ3n) is 1.59. The lowest BCUT2D eigenvalue weighted by atomic mass is 10.2. The fourth-order valence-electron chi connectivity index (χ4n) is 0.967. The molecular weight excluding hydrogens is 162 g/mol. The largest absolute Gasteiger partial charge is 0.351 e. The molecule has 68 valence electrons. The summed E-state index contributed by atoms with van der Waals surface area (Å²) in [5.41, 5.74) is 0.949. The van der Waals surface area contributed by atoms with Gasteiger partial charge in [-0.15, -0.1) is 12.3 Å². The van der Waals surface area contributed by atoms with Crippen molar-refractivity contribution in [2.75, 3.05) is 5.32 Å². The minimum Gasteiger partial charge on any atom is -0.351 e. The summed E-state index contributed by atoms with van der Waals surface area (Å²) in [5, 5.41) is 3.12. The molecule has 13 heavy (non-hydrogen) atoms. The number of nitrogens with one attached hydrogen (secondary N) is 1. The number of terminal acetylenes is 1. The molecule has 3 nitrogen and oxygen atoms in total. The predicted octanol–water partition coefficient (Wildman–Crippen LogP) is 1.61. The van der Waals surface area contributed by atoms with Crippen molar-refractivity contribution in [2.45, 2.75) is 26.3 Å². The van der Waals surface area contributed by atoms with Crippen molar-refractivity contribution in [3.05, 3.63) is 18.0 Å². The second-order valence-electron chi connectivity index (χ2n) is 2.98. The Kier molecular flexibility index (Phi) is 3.27. The van der Waals surface area contributed by atoms with E-state index in [2.05, 4.69) is 21.2 Å². The van der Waals surface area contributed by atoms with Crippen LogP contribution >= 0.6 is 0 Å². The SMILES string of the molecule is C#CCC(C)Nc1nccc(C)n1. The molecule has 1 atom stereocenters. The number of aromatic nitrogens is 2. The Bertz CT molecular complexity index is 314. The first-order valence-electron chi connectivity index (χ1n) is 4.22. The van der Waals surface area contributed by atoms with Gasteiger partial charge >= 0.3 is 0 Å². The van der Waals surface area contributed by atoms with E-state index in [1.54, 1.807) is 6.20 Å². The summed E-state index contributed by atoms with van der Waals surface area (Å²) in [5.74, 6) is 3.23. The molecule has 0 aliphatic heterocycles. The van der Waals surface area contributed by atoms with E-state index in [0.717, 1.165) is 5.69 Å². The summed E-state index contributed by atoms with van der Waals surface area (Å²) in [6.45, 7) is 3.93. The highest BCUT2D eigenvalue weighted by Gasteiger charge is 2.01. The van der Waals surface area contributed by atoms with Crippen LogP contribution in [0.2, 0.25) is 0 Å². The third-order valence-corrected chi connectivity index (χ3v) is 1.59. The number of rotatable bonds is 3. The van der Waals surface area contributed by atoms with E-state index < -0.39 is 0 Å². The zero-order valence-corrected chi connectivity index (χ0v) is 7.91. The Labute approximate surface area is 78.6 Å². The number of hydrogen-bond acceptors (Lipinski definition) is 3. The molecular formula is C10H13N3. The van der Waals surface area contributed by atoms with Crippen molar-refractivity contribution in [3.63, 3.8) is 0 Å². The van der Waals surface area contributed by atoms with Gasteiger partial charge in [0.1, 0.15) is 0 Å². The van der Waals surface area contributed by atoms with Crippen LogP contribution in [0.3, 0.4) is 0 Å². The molecule has 0 fully saturated rings. The zero-order chi connectivity index (χ0) is 9.68. The van der Waals surface area contributed by atoms with Gasteiger partial charge in [-0.2, -0.15) is 0 Å². The van der Waals surface area contributed by atoms with Crippen LogP contribution in [0.4, 0.5) is 5.95 Å². The molecule has 0 aromatic carbocycles. The Morgan fingerprint density at radius 2 is 2.46 bits per heavy atom. The van der Waals surface area contributed by atoms with Crippen LogP contribution in [0.15, 0.2) is 12.3 Å². The minimum absolute atomic E-state index is 0.215. The summed E-state index contributed by atoms with van der Waals surface area (Å²) in [7, 11) is 0. The molecule has 1 unspecified atom stereocenters. The maximum Gasteiger partial charge on any atom is 0.223 e. The fourth-order valence-corrected chi connectivity index (χ4v) is 0.967. The molecule has 3 heteroatoms. The smallest absolute Gasteiger partial charge is 0.223 e. The summed E-state index contributed by atoms with van der Waals surface area (Å²) in [4.78, 5) is 8.28. The van der Waals surface area contributed by atoms with Gasteiger partial charge in [-0.3, -0.25) is 0 Å². The molecule has 1 heterocycles. The predicted molar refractivity (Wildman–Crippen MR) is 53.3 cm³/mol. The van der Waals surface area contributed by atoms with Gasteiger partial charge in [0, 0.05) is 24.4 Å². The first-order chi connectivity index (χ1) is 6.22. The summed E-state index contributed by atoms with van der Waals surface area (Å²) < 4.78 is 0. The minimum atomic E-state index is 0.215. The van der Waals surface area contributed by atoms with Crippen molar-refractivity contribution in [3.8, 4) is 12.3 Å². The quantitative estimate of drug-likeness (QED) is 0.709. The van der Waals surface area contributed by atoms with E-state index in [1.807, 2.05) is 19.9 Å². The van der Waals surface area contributed by atoms with Gasteiger partial charge in [-0.1, -0.05) is 0 Å². The van der Waals surface area contributed by atoms with Crippen molar-refractivity contribution in [1.82, 2.24) is 9.97 Å². The molecule has 1 rings (SSSR count). The van der Waals surface area contributed by atoms with Gasteiger partial charge in [0.25, 0.3) is 0 Å². The highest BCUT2D eigenvalue weighted by atomic mass is 15.1.